The first-order valence-electron chi connectivity index (χ1n) is 6.64. The van der Waals surface area contributed by atoms with Gasteiger partial charge in [0.25, 0.3) is 5.56 Å². The van der Waals surface area contributed by atoms with E-state index in [2.05, 4.69) is 19.8 Å². The molecule has 21 heavy (non-hydrogen) atoms. The zero-order valence-corrected chi connectivity index (χ0v) is 14.1. The van der Waals surface area contributed by atoms with Crippen LogP contribution in [0.25, 0.3) is 0 Å². The van der Waals surface area contributed by atoms with Crippen LogP contribution in [0.5, 0.6) is 0 Å². The van der Waals surface area contributed by atoms with Crippen molar-refractivity contribution in [2.45, 2.75) is 0 Å². The number of benzene rings is 1. The Hall–Kier alpha value is -1.28. The number of aromatic nitrogens is 2. The van der Waals surface area contributed by atoms with E-state index in [1.807, 2.05) is 46.9 Å². The molecule has 1 aromatic heterocycles. The third kappa shape index (κ3) is 3.01. The van der Waals surface area contributed by atoms with E-state index in [9.17, 15) is 4.79 Å². The van der Waals surface area contributed by atoms with Crippen molar-refractivity contribution in [3.8, 4) is 0 Å². The Morgan fingerprint density at radius 1 is 1.14 bits per heavy atom. The van der Waals surface area contributed by atoms with Crippen LogP contribution >= 0.6 is 34.2 Å². The minimum Gasteiger partial charge on any atom is -0.367 e. The molecule has 0 aliphatic carbocycles. The Morgan fingerprint density at radius 2 is 1.81 bits per heavy atom. The van der Waals surface area contributed by atoms with E-state index in [-0.39, 0.29) is 5.56 Å². The van der Waals surface area contributed by atoms with Crippen LogP contribution in [0.4, 0.5) is 11.5 Å². The minimum absolute atomic E-state index is 0.0888. The smallest absolute Gasteiger partial charge is 0.266 e. The molecule has 0 amide bonds. The number of anilines is 2. The van der Waals surface area contributed by atoms with Gasteiger partial charge in [-0.05, 0) is 34.7 Å². The monoisotopic (exact) mass is 416 g/mol. The summed E-state index contributed by atoms with van der Waals surface area (Å²) < 4.78 is 0.640. The number of aromatic amines is 1. The Bertz CT molecular complexity index is 697. The molecule has 1 N–H and O–H groups in total. The largest absolute Gasteiger partial charge is 0.367 e. The summed E-state index contributed by atoms with van der Waals surface area (Å²) in [6, 6.07) is 7.87. The topological polar surface area (TPSA) is 52.2 Å². The van der Waals surface area contributed by atoms with Gasteiger partial charge in [-0.25, -0.2) is 4.98 Å². The number of hydrogen-bond donors (Lipinski definition) is 1. The van der Waals surface area contributed by atoms with Gasteiger partial charge >= 0.3 is 0 Å². The lowest BCUT2D eigenvalue weighted by Gasteiger charge is -2.37. The molecule has 1 aliphatic rings. The van der Waals surface area contributed by atoms with E-state index in [1.54, 1.807) is 0 Å². The first kappa shape index (κ1) is 14.6. The van der Waals surface area contributed by atoms with Gasteiger partial charge in [0.05, 0.1) is 17.0 Å². The van der Waals surface area contributed by atoms with E-state index in [4.69, 9.17) is 11.6 Å². The van der Waals surface area contributed by atoms with E-state index >= 15 is 0 Å². The number of nitrogens with zero attached hydrogens (tertiary/aromatic N) is 3. The third-order valence-electron chi connectivity index (χ3n) is 3.55. The van der Waals surface area contributed by atoms with Gasteiger partial charge in [-0.2, -0.15) is 0 Å². The summed E-state index contributed by atoms with van der Waals surface area (Å²) in [4.78, 5) is 23.0. The zero-order chi connectivity index (χ0) is 14.8. The van der Waals surface area contributed by atoms with Crippen LogP contribution in [0.1, 0.15) is 0 Å². The molecule has 0 saturated carbocycles. The maximum atomic E-state index is 11.7. The zero-order valence-electron chi connectivity index (χ0n) is 11.2. The SMILES string of the molecule is O=c1[nH]cnc(N2CCN(c3ccccc3Cl)CC2)c1I. The van der Waals surface area contributed by atoms with Gasteiger partial charge in [-0.3, -0.25) is 4.79 Å². The molecular formula is C14H14ClIN4O. The van der Waals surface area contributed by atoms with Crippen LogP contribution in [0, 0.1) is 3.57 Å². The maximum Gasteiger partial charge on any atom is 0.266 e. The van der Waals surface area contributed by atoms with Gasteiger partial charge in [0, 0.05) is 26.2 Å². The van der Waals surface area contributed by atoms with Crippen LogP contribution in [0.15, 0.2) is 35.4 Å². The number of H-pyrrole nitrogens is 1. The second-order valence-electron chi connectivity index (χ2n) is 4.79. The highest BCUT2D eigenvalue weighted by atomic mass is 127. The average molecular weight is 417 g/mol. The highest BCUT2D eigenvalue weighted by Crippen LogP contribution is 2.27. The van der Waals surface area contributed by atoms with Crippen molar-refractivity contribution in [2.24, 2.45) is 0 Å². The molecule has 7 heteroatoms. The average Bonchev–Trinajstić information content (AvgIpc) is 2.51. The van der Waals surface area contributed by atoms with Crippen molar-refractivity contribution in [1.82, 2.24) is 9.97 Å². The lowest BCUT2D eigenvalue weighted by molar-refractivity contribution is 0.645. The maximum absolute atomic E-state index is 11.7. The molecule has 1 aromatic carbocycles. The van der Waals surface area contributed by atoms with Gasteiger partial charge in [-0.15, -0.1) is 0 Å². The Morgan fingerprint density at radius 3 is 2.52 bits per heavy atom. The van der Waals surface area contributed by atoms with E-state index in [1.165, 1.54) is 6.33 Å². The fraction of sp³-hybridized carbons (Fsp3) is 0.286. The summed E-state index contributed by atoms with van der Waals surface area (Å²) >= 11 is 8.29. The molecule has 110 valence electrons. The van der Waals surface area contributed by atoms with Gasteiger partial charge in [-0.1, -0.05) is 23.7 Å². The van der Waals surface area contributed by atoms with Crippen LogP contribution in [-0.2, 0) is 0 Å². The summed E-state index contributed by atoms with van der Waals surface area (Å²) in [5, 5.41) is 0.773. The predicted molar refractivity (Wildman–Crippen MR) is 93.5 cm³/mol. The van der Waals surface area contributed by atoms with Gasteiger partial charge < -0.3 is 14.8 Å². The molecule has 0 radical (unpaired) electrons. The molecule has 5 nitrogen and oxygen atoms in total. The summed E-state index contributed by atoms with van der Waals surface area (Å²) in [5.41, 5.74) is 0.974. The van der Waals surface area contributed by atoms with Crippen LogP contribution in [-0.4, -0.2) is 36.1 Å². The minimum atomic E-state index is -0.0888. The number of halogens is 2. The molecule has 0 atom stereocenters. The quantitative estimate of drug-likeness (QED) is 0.764. The van der Waals surface area contributed by atoms with E-state index in [0.29, 0.717) is 3.57 Å². The van der Waals surface area contributed by atoms with Crippen LogP contribution < -0.4 is 15.4 Å². The summed E-state index contributed by atoms with van der Waals surface area (Å²) in [5.74, 6) is 0.762. The van der Waals surface area contributed by atoms with Gasteiger partial charge in [0.15, 0.2) is 0 Å². The van der Waals surface area contributed by atoms with E-state index < -0.39 is 0 Å². The molecule has 1 saturated heterocycles. The van der Waals surface area contributed by atoms with E-state index in [0.717, 1.165) is 42.7 Å². The first-order valence-corrected chi connectivity index (χ1v) is 8.10. The number of rotatable bonds is 2. The second-order valence-corrected chi connectivity index (χ2v) is 6.28. The molecule has 1 aliphatic heterocycles. The van der Waals surface area contributed by atoms with Crippen molar-refractivity contribution in [3.63, 3.8) is 0 Å². The Labute approximate surface area is 141 Å². The normalized spacial score (nSPS) is 15.3. The molecular weight excluding hydrogens is 403 g/mol. The number of nitrogens with one attached hydrogen (secondary N) is 1. The van der Waals surface area contributed by atoms with Crippen molar-refractivity contribution in [2.75, 3.05) is 36.0 Å². The highest BCUT2D eigenvalue weighted by Gasteiger charge is 2.21. The second kappa shape index (κ2) is 6.23. The Kier molecular flexibility index (Phi) is 4.34. The van der Waals surface area contributed by atoms with Crippen molar-refractivity contribution >= 4 is 45.7 Å². The van der Waals surface area contributed by atoms with Crippen molar-refractivity contribution in [3.05, 3.63) is 49.5 Å². The molecule has 2 heterocycles. The molecule has 3 rings (SSSR count). The van der Waals surface area contributed by atoms with Crippen LogP contribution in [0.2, 0.25) is 5.02 Å². The molecule has 2 aromatic rings. The van der Waals surface area contributed by atoms with Crippen LogP contribution in [0.3, 0.4) is 0 Å². The first-order chi connectivity index (χ1) is 10.2. The summed E-state index contributed by atoms with van der Waals surface area (Å²) in [7, 11) is 0. The molecule has 0 unspecified atom stereocenters. The van der Waals surface area contributed by atoms with Gasteiger partial charge in [0.2, 0.25) is 0 Å². The number of piperazine rings is 1. The third-order valence-corrected chi connectivity index (χ3v) is 4.84. The highest BCUT2D eigenvalue weighted by molar-refractivity contribution is 14.1. The summed E-state index contributed by atoms with van der Waals surface area (Å²) in [6.07, 6.45) is 1.46. The van der Waals surface area contributed by atoms with Gasteiger partial charge in [0.1, 0.15) is 9.39 Å². The fourth-order valence-electron chi connectivity index (χ4n) is 2.46. The fourth-order valence-corrected chi connectivity index (χ4v) is 3.35. The number of para-hydroxylation sites is 1. The molecule has 1 fully saturated rings. The van der Waals surface area contributed by atoms with Crippen molar-refractivity contribution in [1.29, 1.82) is 0 Å². The number of hydrogen-bond acceptors (Lipinski definition) is 4. The predicted octanol–water partition coefficient (Wildman–Crippen LogP) is 2.35. The Balaban J connectivity index is 1.75. The summed E-state index contributed by atoms with van der Waals surface area (Å²) in [6.45, 7) is 3.35. The standard InChI is InChI=1S/C14H14ClIN4O/c15-10-3-1-2-4-11(10)19-5-7-20(8-6-19)13-12(16)14(21)18-9-17-13/h1-4,9H,5-8H2,(H,17,18,21). The lowest BCUT2D eigenvalue weighted by Crippen LogP contribution is -2.47. The molecule has 0 spiro atoms. The lowest BCUT2D eigenvalue weighted by atomic mass is 10.2. The molecule has 0 bridgehead atoms. The van der Waals surface area contributed by atoms with Crippen molar-refractivity contribution < 1.29 is 0 Å².